The summed E-state index contributed by atoms with van der Waals surface area (Å²) in [6.07, 6.45) is 2.67. The molecule has 0 saturated heterocycles. The number of nitrogens with zero attached hydrogens (tertiary/aromatic N) is 3. The lowest BCUT2D eigenvalue weighted by Crippen LogP contribution is -2.07. The highest BCUT2D eigenvalue weighted by molar-refractivity contribution is 5.71. The summed E-state index contributed by atoms with van der Waals surface area (Å²) in [5.41, 5.74) is 1.98. The predicted octanol–water partition coefficient (Wildman–Crippen LogP) is 3.73. The van der Waals surface area contributed by atoms with E-state index in [1.54, 1.807) is 29.1 Å². The molecule has 0 unspecified atom stereocenters. The second kappa shape index (κ2) is 6.39. The molecule has 1 aromatic heterocycles. The molecule has 6 nitrogen and oxygen atoms in total. The van der Waals surface area contributed by atoms with E-state index in [2.05, 4.69) is 10.4 Å². The first-order valence-electron chi connectivity index (χ1n) is 7.11. The fraction of sp³-hybridized carbons (Fsp3) is 0.400. The monoisotopic (exact) mass is 288 g/mol. The zero-order chi connectivity index (χ0) is 15.4. The number of hydrogen-bond donors (Lipinski definition) is 1. The molecule has 1 N–H and O–H groups in total. The van der Waals surface area contributed by atoms with Crippen LogP contribution in [0.25, 0.3) is 5.69 Å². The standard InChI is InChI=1S/C15H20N4O2/c1-4-9-16-13-6-5-7-14(15(13)19(20)21)18-10-8-12(17-18)11(2)3/h5-8,10-11,16H,4,9H2,1-3H3. The van der Waals surface area contributed by atoms with Crippen molar-refractivity contribution in [2.24, 2.45) is 0 Å². The van der Waals surface area contributed by atoms with Gasteiger partial charge in [-0.3, -0.25) is 10.1 Å². The van der Waals surface area contributed by atoms with Gasteiger partial charge in [-0.15, -0.1) is 0 Å². The molecule has 0 saturated carbocycles. The van der Waals surface area contributed by atoms with Crippen LogP contribution in [-0.2, 0) is 0 Å². The van der Waals surface area contributed by atoms with Crippen molar-refractivity contribution in [1.29, 1.82) is 0 Å². The molecule has 0 aliphatic rings. The van der Waals surface area contributed by atoms with Crippen molar-refractivity contribution in [3.05, 3.63) is 46.3 Å². The van der Waals surface area contributed by atoms with Gasteiger partial charge >= 0.3 is 5.69 Å². The third-order valence-electron chi connectivity index (χ3n) is 3.21. The van der Waals surface area contributed by atoms with Crippen LogP contribution in [-0.4, -0.2) is 21.2 Å². The van der Waals surface area contributed by atoms with Crippen LogP contribution in [0.4, 0.5) is 11.4 Å². The Morgan fingerprint density at radius 1 is 1.38 bits per heavy atom. The van der Waals surface area contributed by atoms with E-state index in [0.717, 1.165) is 12.1 Å². The molecular weight excluding hydrogens is 268 g/mol. The molecule has 6 heteroatoms. The molecular formula is C15H20N4O2. The second-order valence-electron chi connectivity index (χ2n) is 5.20. The Hall–Kier alpha value is -2.37. The lowest BCUT2D eigenvalue weighted by molar-refractivity contribution is -0.383. The summed E-state index contributed by atoms with van der Waals surface area (Å²) in [5.74, 6) is 0.284. The molecule has 0 fully saturated rings. The largest absolute Gasteiger partial charge is 0.379 e. The third kappa shape index (κ3) is 3.21. The zero-order valence-corrected chi connectivity index (χ0v) is 12.5. The van der Waals surface area contributed by atoms with Gasteiger partial charge in [0.1, 0.15) is 11.4 Å². The minimum Gasteiger partial charge on any atom is -0.379 e. The van der Waals surface area contributed by atoms with Gasteiger partial charge in [-0.1, -0.05) is 26.8 Å². The first-order valence-corrected chi connectivity index (χ1v) is 7.11. The maximum Gasteiger partial charge on any atom is 0.317 e. The number of para-hydroxylation sites is 1. The number of rotatable bonds is 6. The maximum atomic E-state index is 11.4. The molecule has 0 aliphatic carbocycles. The fourth-order valence-electron chi connectivity index (χ4n) is 2.09. The molecule has 112 valence electrons. The summed E-state index contributed by atoms with van der Waals surface area (Å²) in [5, 5.41) is 19.0. The molecule has 21 heavy (non-hydrogen) atoms. The van der Waals surface area contributed by atoms with E-state index in [1.165, 1.54) is 0 Å². The second-order valence-corrected chi connectivity index (χ2v) is 5.20. The summed E-state index contributed by atoms with van der Waals surface area (Å²) in [4.78, 5) is 11.1. The molecule has 1 heterocycles. The first kappa shape index (κ1) is 15.0. The van der Waals surface area contributed by atoms with Crippen LogP contribution in [0.2, 0.25) is 0 Å². The Morgan fingerprint density at radius 2 is 2.14 bits per heavy atom. The van der Waals surface area contributed by atoms with E-state index in [9.17, 15) is 10.1 Å². The Labute approximate surface area is 123 Å². The number of aromatic nitrogens is 2. The van der Waals surface area contributed by atoms with Gasteiger partial charge in [0.15, 0.2) is 0 Å². The highest BCUT2D eigenvalue weighted by Crippen LogP contribution is 2.31. The van der Waals surface area contributed by atoms with E-state index in [0.29, 0.717) is 17.9 Å². The fourth-order valence-corrected chi connectivity index (χ4v) is 2.09. The molecule has 2 aromatic rings. The van der Waals surface area contributed by atoms with Crippen molar-refractivity contribution in [2.75, 3.05) is 11.9 Å². The molecule has 0 aliphatic heterocycles. The molecule has 0 atom stereocenters. The number of nitrogens with one attached hydrogen (secondary N) is 1. The molecule has 0 spiro atoms. The van der Waals surface area contributed by atoms with Crippen molar-refractivity contribution in [2.45, 2.75) is 33.1 Å². The van der Waals surface area contributed by atoms with Crippen LogP contribution in [0, 0.1) is 10.1 Å². The van der Waals surface area contributed by atoms with Gasteiger partial charge in [-0.05, 0) is 30.5 Å². The smallest absolute Gasteiger partial charge is 0.317 e. The third-order valence-corrected chi connectivity index (χ3v) is 3.21. The topological polar surface area (TPSA) is 73.0 Å². The van der Waals surface area contributed by atoms with E-state index < -0.39 is 0 Å². The van der Waals surface area contributed by atoms with Crippen LogP contribution in [0.5, 0.6) is 0 Å². The quantitative estimate of drug-likeness (QED) is 0.649. The van der Waals surface area contributed by atoms with Crippen molar-refractivity contribution in [1.82, 2.24) is 9.78 Å². The van der Waals surface area contributed by atoms with Crippen LogP contribution in [0.15, 0.2) is 30.5 Å². The van der Waals surface area contributed by atoms with E-state index >= 15 is 0 Å². The van der Waals surface area contributed by atoms with E-state index in [-0.39, 0.29) is 16.5 Å². The summed E-state index contributed by atoms with van der Waals surface area (Å²) in [6.45, 7) is 6.80. The maximum absolute atomic E-state index is 11.4. The van der Waals surface area contributed by atoms with Crippen molar-refractivity contribution in [3.8, 4) is 5.69 Å². The Bertz CT molecular complexity index is 634. The van der Waals surface area contributed by atoms with Crippen LogP contribution < -0.4 is 5.32 Å². The molecule has 1 aromatic carbocycles. The van der Waals surface area contributed by atoms with Crippen molar-refractivity contribution >= 4 is 11.4 Å². The van der Waals surface area contributed by atoms with Crippen LogP contribution >= 0.6 is 0 Å². The van der Waals surface area contributed by atoms with Crippen molar-refractivity contribution < 1.29 is 4.92 Å². The number of hydrogen-bond acceptors (Lipinski definition) is 4. The Morgan fingerprint density at radius 3 is 2.71 bits per heavy atom. The van der Waals surface area contributed by atoms with Gasteiger partial charge in [0.05, 0.1) is 10.6 Å². The van der Waals surface area contributed by atoms with Gasteiger partial charge in [0.2, 0.25) is 0 Å². The van der Waals surface area contributed by atoms with Gasteiger partial charge in [-0.2, -0.15) is 5.10 Å². The summed E-state index contributed by atoms with van der Waals surface area (Å²) >= 11 is 0. The average Bonchev–Trinajstić information content (AvgIpc) is 2.94. The van der Waals surface area contributed by atoms with E-state index in [4.69, 9.17) is 0 Å². The number of anilines is 1. The molecule has 0 bridgehead atoms. The normalized spacial score (nSPS) is 10.9. The van der Waals surface area contributed by atoms with Crippen LogP contribution in [0.3, 0.4) is 0 Å². The highest BCUT2D eigenvalue weighted by atomic mass is 16.6. The lowest BCUT2D eigenvalue weighted by Gasteiger charge is -2.09. The molecule has 0 amide bonds. The SMILES string of the molecule is CCCNc1cccc(-n2ccc(C(C)C)n2)c1[N+](=O)[O-]. The lowest BCUT2D eigenvalue weighted by atomic mass is 10.1. The summed E-state index contributed by atoms with van der Waals surface area (Å²) in [7, 11) is 0. The van der Waals surface area contributed by atoms with Gasteiger partial charge in [0, 0.05) is 12.7 Å². The Balaban J connectivity index is 2.48. The summed E-state index contributed by atoms with van der Waals surface area (Å²) < 4.78 is 1.57. The van der Waals surface area contributed by atoms with E-state index in [1.807, 2.05) is 26.8 Å². The zero-order valence-electron chi connectivity index (χ0n) is 12.5. The minimum absolute atomic E-state index is 0.0596. The molecule has 0 radical (unpaired) electrons. The minimum atomic E-state index is -0.357. The first-order chi connectivity index (χ1) is 10.0. The average molecular weight is 288 g/mol. The number of nitro groups is 1. The predicted molar refractivity (Wildman–Crippen MR) is 83.1 cm³/mol. The number of nitro benzene ring substituents is 1. The summed E-state index contributed by atoms with van der Waals surface area (Å²) in [6, 6.07) is 7.13. The van der Waals surface area contributed by atoms with Gasteiger partial charge in [-0.25, -0.2) is 4.68 Å². The van der Waals surface area contributed by atoms with Gasteiger partial charge in [0.25, 0.3) is 0 Å². The van der Waals surface area contributed by atoms with Crippen LogP contribution in [0.1, 0.15) is 38.8 Å². The molecule has 2 rings (SSSR count). The van der Waals surface area contributed by atoms with Gasteiger partial charge < -0.3 is 5.32 Å². The van der Waals surface area contributed by atoms with Crippen molar-refractivity contribution in [3.63, 3.8) is 0 Å². The number of benzene rings is 1. The Kier molecular flexibility index (Phi) is 4.57. The highest BCUT2D eigenvalue weighted by Gasteiger charge is 2.21.